The lowest BCUT2D eigenvalue weighted by molar-refractivity contribution is 1.17. The van der Waals surface area contributed by atoms with Gasteiger partial charge in [-0.2, -0.15) is 0 Å². The summed E-state index contributed by atoms with van der Waals surface area (Å²) in [5.41, 5.74) is 27.4. The Morgan fingerprint density at radius 3 is 1.07 bits per heavy atom. The second-order valence-electron chi connectivity index (χ2n) is 25.5. The molecule has 15 aromatic carbocycles. The van der Waals surface area contributed by atoms with E-state index in [0.717, 1.165) is 17.8 Å². The molecule has 0 bridgehead atoms. The van der Waals surface area contributed by atoms with Crippen LogP contribution in [0.2, 0.25) is 0 Å². The first-order chi connectivity index (χ1) is 47.6. The standard InChI is InChI=1S/C49H32N2.C42H26N2S/c1-2-13-40-36(10-1)28-37-25-24-35(30-44(37)40)33-22-20-32(21-23-33)34-11-9-12-38(29-34)50-48-19-8-5-16-43(48)45-31-39(26-27-49(45)50)51-46-17-6-3-14-41(46)42-15-4-7-18-47(42)51;1-5-13-37-31(9-1)32-10-2-6-14-38(32)44(37)30-22-23-40-35(26-30)33-11-3-7-15-39(33)43(40)29-20-17-27(18-21-29)28-19-24-42-36(25-28)34-12-4-8-16-41(34)45-42/h1-27,29-31H,28H2;1-26H. The molecule has 0 saturated carbocycles. The molecule has 1 aliphatic rings. The second kappa shape index (κ2) is 21.7. The first kappa shape index (κ1) is 54.3. The van der Waals surface area contributed by atoms with Gasteiger partial charge in [0.05, 0.1) is 44.1 Å². The third kappa shape index (κ3) is 8.54. The normalized spacial score (nSPS) is 12.1. The predicted molar refractivity (Wildman–Crippen MR) is 408 cm³/mol. The lowest BCUT2D eigenvalue weighted by atomic mass is 9.96. The Morgan fingerprint density at radius 2 is 0.542 bits per heavy atom. The van der Waals surface area contributed by atoms with Crippen LogP contribution in [0.25, 0.3) is 175 Å². The first-order valence-electron chi connectivity index (χ1n) is 33.1. The molecular weight excluding hydrogens is 1180 g/mol. The molecular formula is C91H58N4S. The Balaban J connectivity index is 0.000000132. The molecule has 0 unspecified atom stereocenters. The number of aromatic nitrogens is 4. The summed E-state index contributed by atoms with van der Waals surface area (Å²) in [4.78, 5) is 0. The van der Waals surface area contributed by atoms with Crippen LogP contribution >= 0.6 is 11.3 Å². The van der Waals surface area contributed by atoms with Gasteiger partial charge in [0.1, 0.15) is 0 Å². The van der Waals surface area contributed by atoms with Crippen LogP contribution in [-0.4, -0.2) is 18.3 Å². The van der Waals surface area contributed by atoms with Crippen molar-refractivity contribution in [2.45, 2.75) is 6.42 Å². The molecule has 96 heavy (non-hydrogen) atoms. The van der Waals surface area contributed by atoms with Crippen molar-refractivity contribution in [3.8, 4) is 67.3 Å². The molecule has 0 amide bonds. The number of fused-ring (bicyclic) bond motifs is 18. The van der Waals surface area contributed by atoms with Gasteiger partial charge in [-0.15, -0.1) is 11.3 Å². The zero-order valence-electron chi connectivity index (χ0n) is 52.2. The van der Waals surface area contributed by atoms with Gasteiger partial charge in [0.15, 0.2) is 0 Å². The summed E-state index contributed by atoms with van der Waals surface area (Å²) in [7, 11) is 0. The fraction of sp³-hybridized carbons (Fsp3) is 0.0110. The quantitative estimate of drug-likeness (QED) is 0.152. The number of benzene rings is 15. The SMILES string of the molecule is c1cc(-c2ccc(-c3ccc4c(c3)-c3ccccc3C4)cc2)cc(-n2c3ccccc3c3cc(-n4c5ccccc5c5ccccc54)ccc32)c1.c1ccc2c(c1)sc1ccc(-c3ccc(-n4c5ccccc5c5cc(-n6c7ccccc7c7ccccc76)ccc54)cc3)cc12. The summed E-state index contributed by atoms with van der Waals surface area (Å²) >= 11 is 1.86. The highest BCUT2D eigenvalue weighted by Gasteiger charge is 2.22. The van der Waals surface area contributed by atoms with E-state index in [2.05, 4.69) is 358 Å². The van der Waals surface area contributed by atoms with Gasteiger partial charge in [0.2, 0.25) is 0 Å². The van der Waals surface area contributed by atoms with Gasteiger partial charge in [-0.3, -0.25) is 0 Å². The zero-order chi connectivity index (χ0) is 63.0. The Hall–Kier alpha value is -12.3. The average molecular weight is 1240 g/mol. The molecule has 1 aliphatic carbocycles. The van der Waals surface area contributed by atoms with E-state index in [4.69, 9.17) is 0 Å². The van der Waals surface area contributed by atoms with Crippen LogP contribution in [-0.2, 0) is 6.42 Å². The largest absolute Gasteiger partial charge is 0.309 e. The van der Waals surface area contributed by atoms with Crippen molar-refractivity contribution in [2.24, 2.45) is 0 Å². The molecule has 5 heterocycles. The minimum atomic E-state index is 1.02. The van der Waals surface area contributed by atoms with E-state index in [1.807, 2.05) is 11.3 Å². The van der Waals surface area contributed by atoms with Crippen LogP contribution in [0.1, 0.15) is 11.1 Å². The van der Waals surface area contributed by atoms with Crippen LogP contribution in [0.4, 0.5) is 0 Å². The summed E-state index contributed by atoms with van der Waals surface area (Å²) in [6.45, 7) is 0. The maximum atomic E-state index is 2.42. The van der Waals surface area contributed by atoms with Crippen molar-refractivity contribution < 1.29 is 0 Å². The first-order valence-corrected chi connectivity index (χ1v) is 33.9. The molecule has 4 nitrogen and oxygen atoms in total. The summed E-state index contributed by atoms with van der Waals surface area (Å²) in [6, 6.07) is 125. The van der Waals surface area contributed by atoms with Gasteiger partial charge in [-0.1, -0.05) is 218 Å². The van der Waals surface area contributed by atoms with E-state index in [1.165, 1.54) is 174 Å². The van der Waals surface area contributed by atoms with E-state index in [9.17, 15) is 0 Å². The molecule has 0 radical (unpaired) electrons. The van der Waals surface area contributed by atoms with E-state index >= 15 is 0 Å². The zero-order valence-corrected chi connectivity index (χ0v) is 53.1. The van der Waals surface area contributed by atoms with E-state index in [1.54, 1.807) is 0 Å². The van der Waals surface area contributed by atoms with Crippen LogP contribution in [0, 0.1) is 0 Å². The number of hydrogen-bond donors (Lipinski definition) is 0. The predicted octanol–water partition coefficient (Wildman–Crippen LogP) is 24.7. The molecule has 0 aliphatic heterocycles. The summed E-state index contributed by atoms with van der Waals surface area (Å²) in [5.74, 6) is 0. The van der Waals surface area contributed by atoms with Crippen LogP contribution in [0.5, 0.6) is 0 Å². The second-order valence-corrected chi connectivity index (χ2v) is 26.6. The number of rotatable bonds is 7. The number of nitrogens with zero attached hydrogens (tertiary/aromatic N) is 4. The van der Waals surface area contributed by atoms with Crippen molar-refractivity contribution in [2.75, 3.05) is 0 Å². The lowest BCUT2D eigenvalue weighted by Crippen LogP contribution is -1.96. The van der Waals surface area contributed by atoms with Crippen molar-refractivity contribution in [3.63, 3.8) is 0 Å². The number of thiophene rings is 1. The minimum absolute atomic E-state index is 1.02. The van der Waals surface area contributed by atoms with E-state index in [0.29, 0.717) is 0 Å². The lowest BCUT2D eigenvalue weighted by Gasteiger charge is -2.12. The summed E-state index contributed by atoms with van der Waals surface area (Å²) < 4.78 is 12.3. The van der Waals surface area contributed by atoms with Crippen LogP contribution in [0.3, 0.4) is 0 Å². The molecule has 0 N–H and O–H groups in total. The topological polar surface area (TPSA) is 19.7 Å². The van der Waals surface area contributed by atoms with Crippen molar-refractivity contribution in [3.05, 3.63) is 351 Å². The fourth-order valence-electron chi connectivity index (χ4n) is 15.8. The maximum Gasteiger partial charge on any atom is 0.0542 e. The monoisotopic (exact) mass is 1240 g/mol. The van der Waals surface area contributed by atoms with Crippen molar-refractivity contribution in [1.29, 1.82) is 0 Å². The smallest absolute Gasteiger partial charge is 0.0542 e. The molecule has 0 saturated heterocycles. The van der Waals surface area contributed by atoms with Gasteiger partial charge in [-0.25, -0.2) is 0 Å². The third-order valence-corrected chi connectivity index (χ3v) is 21.4. The molecule has 5 heteroatoms. The maximum absolute atomic E-state index is 2.42. The van der Waals surface area contributed by atoms with Crippen molar-refractivity contribution >= 4 is 119 Å². The van der Waals surface area contributed by atoms with Crippen molar-refractivity contribution in [1.82, 2.24) is 18.3 Å². The molecule has 21 rings (SSSR count). The van der Waals surface area contributed by atoms with E-state index in [-0.39, 0.29) is 0 Å². The molecule has 0 fully saturated rings. The Bertz CT molecular complexity index is 6440. The minimum Gasteiger partial charge on any atom is -0.309 e. The van der Waals surface area contributed by atoms with Gasteiger partial charge in [0.25, 0.3) is 0 Å². The van der Waals surface area contributed by atoms with Crippen LogP contribution < -0.4 is 0 Å². The number of para-hydroxylation sites is 6. The highest BCUT2D eigenvalue weighted by Crippen LogP contribution is 2.43. The average Bonchev–Trinajstić information content (AvgIpc) is 1.59. The fourth-order valence-corrected chi connectivity index (χ4v) is 16.9. The highest BCUT2D eigenvalue weighted by atomic mass is 32.1. The van der Waals surface area contributed by atoms with Gasteiger partial charge < -0.3 is 18.3 Å². The summed E-state index contributed by atoms with van der Waals surface area (Å²) in [5, 5.41) is 12.8. The Labute approximate surface area is 557 Å². The van der Waals surface area contributed by atoms with Gasteiger partial charge in [-0.05, 0) is 183 Å². The third-order valence-electron chi connectivity index (χ3n) is 20.3. The molecule has 5 aromatic heterocycles. The van der Waals surface area contributed by atoms with Crippen LogP contribution in [0.15, 0.2) is 340 Å². The summed E-state index contributed by atoms with van der Waals surface area (Å²) in [6.07, 6.45) is 1.02. The molecule has 0 atom stereocenters. The van der Waals surface area contributed by atoms with E-state index < -0.39 is 0 Å². The Morgan fingerprint density at radius 1 is 0.188 bits per heavy atom. The highest BCUT2D eigenvalue weighted by molar-refractivity contribution is 7.25. The Kier molecular flexibility index (Phi) is 12.2. The molecule has 0 spiro atoms. The van der Waals surface area contributed by atoms with Gasteiger partial charge in [0, 0.05) is 86.0 Å². The molecule has 20 aromatic rings. The number of hydrogen-bond acceptors (Lipinski definition) is 1. The van der Waals surface area contributed by atoms with Gasteiger partial charge >= 0.3 is 0 Å². The molecule has 448 valence electrons.